The third-order valence-electron chi connectivity index (χ3n) is 4.84. The maximum atomic E-state index is 12.7. The second-order valence-corrected chi connectivity index (χ2v) is 7.05. The van der Waals surface area contributed by atoms with E-state index in [1.165, 1.54) is 0 Å². The van der Waals surface area contributed by atoms with Crippen LogP contribution in [0.4, 0.5) is 0 Å². The largest absolute Gasteiger partial charge is 0.351 e. The van der Waals surface area contributed by atoms with Gasteiger partial charge in [0.25, 0.3) is 5.91 Å². The molecule has 0 unspecified atom stereocenters. The summed E-state index contributed by atoms with van der Waals surface area (Å²) < 4.78 is 0. The average molecular weight is 365 g/mol. The summed E-state index contributed by atoms with van der Waals surface area (Å²) in [5.41, 5.74) is 2.92. The molecule has 2 aromatic carbocycles. The van der Waals surface area contributed by atoms with Crippen molar-refractivity contribution in [1.29, 1.82) is 0 Å². The molecule has 1 heterocycles. The van der Waals surface area contributed by atoms with E-state index in [1.807, 2.05) is 66.4 Å². The number of benzene rings is 2. The minimum atomic E-state index is 0.0253. The smallest absolute Gasteiger partial charge is 0.253 e. The minimum absolute atomic E-state index is 0.0253. The maximum Gasteiger partial charge on any atom is 0.253 e. The molecule has 1 saturated heterocycles. The molecule has 0 saturated carbocycles. The molecule has 2 aromatic rings. The van der Waals surface area contributed by atoms with Crippen LogP contribution in [0.5, 0.6) is 0 Å². The van der Waals surface area contributed by atoms with Crippen molar-refractivity contribution in [2.75, 3.05) is 32.7 Å². The highest BCUT2D eigenvalue weighted by atomic mass is 16.2. The van der Waals surface area contributed by atoms with Gasteiger partial charge in [0.1, 0.15) is 0 Å². The van der Waals surface area contributed by atoms with Crippen molar-refractivity contribution in [3.63, 3.8) is 0 Å². The normalized spacial score (nSPS) is 15.2. The minimum Gasteiger partial charge on any atom is -0.351 e. The zero-order valence-corrected chi connectivity index (χ0v) is 15.9. The van der Waals surface area contributed by atoms with Crippen molar-refractivity contribution in [3.8, 4) is 0 Å². The summed E-state index contributed by atoms with van der Waals surface area (Å²) in [5.74, 6) is 0.103. The Labute approximate surface area is 161 Å². The van der Waals surface area contributed by atoms with Crippen LogP contribution < -0.4 is 5.32 Å². The van der Waals surface area contributed by atoms with Crippen LogP contribution in [0.25, 0.3) is 0 Å². The molecule has 0 radical (unpaired) electrons. The molecule has 5 heteroatoms. The lowest BCUT2D eigenvalue weighted by molar-refractivity contribution is -0.122. The first-order valence-corrected chi connectivity index (χ1v) is 9.51. The molecule has 1 N–H and O–H groups in total. The van der Waals surface area contributed by atoms with Crippen molar-refractivity contribution in [3.05, 3.63) is 71.3 Å². The molecule has 3 rings (SSSR count). The lowest BCUT2D eigenvalue weighted by atomic mass is 10.1. The van der Waals surface area contributed by atoms with E-state index in [0.717, 1.165) is 42.7 Å². The number of aryl methyl sites for hydroxylation is 1. The lowest BCUT2D eigenvalue weighted by Gasteiger charge is -2.22. The summed E-state index contributed by atoms with van der Waals surface area (Å²) >= 11 is 0. The summed E-state index contributed by atoms with van der Waals surface area (Å²) in [6.07, 6.45) is 0.878. The van der Waals surface area contributed by atoms with Crippen LogP contribution in [0.15, 0.2) is 54.6 Å². The Morgan fingerprint density at radius 3 is 2.56 bits per heavy atom. The molecular formula is C22H27N3O2. The first kappa shape index (κ1) is 19.1. The Kier molecular flexibility index (Phi) is 6.60. The Bertz CT molecular complexity index is 776. The standard InChI is InChI=1S/C22H27N3O2/c1-18-7-5-10-20(15-18)22(27)25-12-6-11-24(13-14-25)17-21(26)23-16-19-8-3-2-4-9-19/h2-5,7-10,15H,6,11-14,16-17H2,1H3,(H,23,26). The fourth-order valence-electron chi connectivity index (χ4n) is 3.35. The highest BCUT2D eigenvalue weighted by molar-refractivity contribution is 5.94. The summed E-state index contributed by atoms with van der Waals surface area (Å²) in [6.45, 7) is 5.85. The lowest BCUT2D eigenvalue weighted by Crippen LogP contribution is -2.39. The molecule has 0 atom stereocenters. The van der Waals surface area contributed by atoms with Gasteiger partial charge in [0, 0.05) is 38.3 Å². The van der Waals surface area contributed by atoms with Crippen molar-refractivity contribution in [1.82, 2.24) is 15.1 Å². The maximum absolute atomic E-state index is 12.7. The molecule has 0 bridgehead atoms. The Hall–Kier alpha value is -2.66. The number of nitrogens with one attached hydrogen (secondary N) is 1. The van der Waals surface area contributed by atoms with E-state index in [9.17, 15) is 9.59 Å². The van der Waals surface area contributed by atoms with E-state index in [2.05, 4.69) is 10.2 Å². The fourth-order valence-corrected chi connectivity index (χ4v) is 3.35. The van der Waals surface area contributed by atoms with Gasteiger partial charge in [-0.3, -0.25) is 14.5 Å². The zero-order valence-electron chi connectivity index (χ0n) is 15.9. The van der Waals surface area contributed by atoms with Gasteiger partial charge < -0.3 is 10.2 Å². The fraction of sp³-hybridized carbons (Fsp3) is 0.364. The van der Waals surface area contributed by atoms with E-state index >= 15 is 0 Å². The number of rotatable bonds is 5. The molecule has 27 heavy (non-hydrogen) atoms. The van der Waals surface area contributed by atoms with Gasteiger partial charge in [0.05, 0.1) is 6.54 Å². The van der Waals surface area contributed by atoms with Crippen molar-refractivity contribution >= 4 is 11.8 Å². The van der Waals surface area contributed by atoms with Crippen LogP contribution in [-0.2, 0) is 11.3 Å². The van der Waals surface area contributed by atoms with E-state index in [1.54, 1.807) is 0 Å². The summed E-state index contributed by atoms with van der Waals surface area (Å²) in [4.78, 5) is 29.0. The van der Waals surface area contributed by atoms with Gasteiger partial charge in [0.2, 0.25) is 5.91 Å². The number of amides is 2. The van der Waals surface area contributed by atoms with E-state index < -0.39 is 0 Å². The SMILES string of the molecule is Cc1cccc(C(=O)N2CCCN(CC(=O)NCc3ccccc3)CC2)c1. The number of carbonyl (C=O) groups is 2. The molecule has 0 aliphatic carbocycles. The van der Waals surface area contributed by atoms with Gasteiger partial charge in [0.15, 0.2) is 0 Å². The van der Waals surface area contributed by atoms with E-state index in [-0.39, 0.29) is 11.8 Å². The Balaban J connectivity index is 1.48. The number of nitrogens with zero attached hydrogens (tertiary/aromatic N) is 2. The second kappa shape index (κ2) is 9.33. The van der Waals surface area contributed by atoms with Crippen LogP contribution in [0.2, 0.25) is 0 Å². The van der Waals surface area contributed by atoms with Crippen LogP contribution in [0.1, 0.15) is 27.9 Å². The molecule has 0 spiro atoms. The van der Waals surface area contributed by atoms with Crippen molar-refractivity contribution < 1.29 is 9.59 Å². The number of hydrogen-bond donors (Lipinski definition) is 1. The topological polar surface area (TPSA) is 52.7 Å². The number of hydrogen-bond acceptors (Lipinski definition) is 3. The van der Waals surface area contributed by atoms with Gasteiger partial charge in [-0.15, -0.1) is 0 Å². The third-order valence-corrected chi connectivity index (χ3v) is 4.84. The quantitative estimate of drug-likeness (QED) is 0.886. The summed E-state index contributed by atoms with van der Waals surface area (Å²) in [5, 5.41) is 2.97. The third kappa shape index (κ3) is 5.66. The summed E-state index contributed by atoms with van der Waals surface area (Å²) in [6, 6.07) is 17.6. The summed E-state index contributed by atoms with van der Waals surface area (Å²) in [7, 11) is 0. The van der Waals surface area contributed by atoms with Gasteiger partial charge >= 0.3 is 0 Å². The first-order chi connectivity index (χ1) is 13.1. The van der Waals surface area contributed by atoms with Crippen molar-refractivity contribution in [2.45, 2.75) is 19.9 Å². The average Bonchev–Trinajstić information content (AvgIpc) is 2.92. The Morgan fingerprint density at radius 1 is 0.963 bits per heavy atom. The van der Waals surface area contributed by atoms with E-state index in [4.69, 9.17) is 0 Å². The van der Waals surface area contributed by atoms with Crippen LogP contribution >= 0.6 is 0 Å². The molecule has 2 amide bonds. The molecule has 0 aromatic heterocycles. The van der Waals surface area contributed by atoms with Crippen molar-refractivity contribution in [2.24, 2.45) is 0 Å². The predicted octanol–water partition coefficient (Wildman–Crippen LogP) is 2.46. The predicted molar refractivity (Wildman–Crippen MR) is 106 cm³/mol. The van der Waals surface area contributed by atoms with Gasteiger partial charge in [-0.1, -0.05) is 48.0 Å². The molecular weight excluding hydrogens is 338 g/mol. The van der Waals surface area contributed by atoms with Gasteiger partial charge in [-0.2, -0.15) is 0 Å². The highest BCUT2D eigenvalue weighted by Gasteiger charge is 2.21. The molecule has 1 aliphatic heterocycles. The molecule has 5 nitrogen and oxygen atoms in total. The highest BCUT2D eigenvalue weighted by Crippen LogP contribution is 2.11. The molecule has 1 aliphatic rings. The van der Waals surface area contributed by atoms with Gasteiger partial charge in [-0.05, 0) is 31.0 Å². The van der Waals surface area contributed by atoms with E-state index in [0.29, 0.717) is 19.6 Å². The van der Waals surface area contributed by atoms with Crippen LogP contribution in [0.3, 0.4) is 0 Å². The molecule has 142 valence electrons. The second-order valence-electron chi connectivity index (χ2n) is 7.05. The first-order valence-electron chi connectivity index (χ1n) is 9.51. The Morgan fingerprint density at radius 2 is 1.78 bits per heavy atom. The monoisotopic (exact) mass is 365 g/mol. The van der Waals surface area contributed by atoms with Crippen LogP contribution in [0, 0.1) is 6.92 Å². The molecule has 1 fully saturated rings. The number of carbonyl (C=O) groups excluding carboxylic acids is 2. The van der Waals surface area contributed by atoms with Gasteiger partial charge in [-0.25, -0.2) is 0 Å². The zero-order chi connectivity index (χ0) is 19.1. The van der Waals surface area contributed by atoms with Crippen LogP contribution in [-0.4, -0.2) is 54.3 Å².